The second-order valence-corrected chi connectivity index (χ2v) is 4.25. The fourth-order valence-electron chi connectivity index (χ4n) is 1.97. The molecule has 1 aliphatic heterocycles. The van der Waals surface area contributed by atoms with Crippen LogP contribution in [0.4, 0.5) is 0 Å². The molecule has 0 aliphatic carbocycles. The van der Waals surface area contributed by atoms with Crippen LogP contribution in [0.2, 0.25) is 0 Å². The molecule has 0 saturated carbocycles. The van der Waals surface area contributed by atoms with Gasteiger partial charge >= 0.3 is 0 Å². The van der Waals surface area contributed by atoms with Gasteiger partial charge in [-0.05, 0) is 12.5 Å². The Labute approximate surface area is 103 Å². The van der Waals surface area contributed by atoms with Crippen LogP contribution >= 0.6 is 17.0 Å². The van der Waals surface area contributed by atoms with Crippen molar-refractivity contribution in [1.82, 2.24) is 0 Å². The number of hydrogen-bond acceptors (Lipinski definition) is 0. The zero-order valence-electron chi connectivity index (χ0n) is 8.77. The molecule has 3 heteroatoms. The van der Waals surface area contributed by atoms with Crippen molar-refractivity contribution >= 4 is 17.0 Å². The van der Waals surface area contributed by atoms with Crippen LogP contribution < -0.4 is 21.9 Å². The predicted molar refractivity (Wildman–Crippen MR) is 59.0 cm³/mol. The lowest BCUT2D eigenvalue weighted by Gasteiger charge is -2.11. The van der Waals surface area contributed by atoms with E-state index in [1.54, 1.807) is 4.90 Å². The first-order valence-electron chi connectivity index (χ1n) is 4.57. The van der Waals surface area contributed by atoms with E-state index in [1.165, 1.54) is 25.2 Å². The SMILES string of the molecule is Br.C=C(C)C[NH+]1CC(C)C(C)C1.[Br-]. The standard InChI is InChI=1S/C10H19N.2BrH/c1-8(2)5-11-6-9(3)10(4)7-11;;/h9-10H,1,5-7H2,2-4H3;2*1H. The van der Waals surface area contributed by atoms with Crippen LogP contribution in [0.3, 0.4) is 0 Å². The highest BCUT2D eigenvalue weighted by Crippen LogP contribution is 2.10. The number of nitrogens with one attached hydrogen (secondary N) is 1. The van der Waals surface area contributed by atoms with Crippen LogP contribution in [0.5, 0.6) is 0 Å². The van der Waals surface area contributed by atoms with Crippen molar-refractivity contribution in [2.24, 2.45) is 11.8 Å². The molecule has 1 rings (SSSR count). The molecule has 1 N–H and O–H groups in total. The van der Waals surface area contributed by atoms with Crippen LogP contribution in [0.1, 0.15) is 20.8 Å². The minimum absolute atomic E-state index is 0. The molecule has 0 radical (unpaired) electrons. The van der Waals surface area contributed by atoms with Gasteiger partial charge in [-0.1, -0.05) is 20.4 Å². The third-order valence-corrected chi connectivity index (χ3v) is 2.74. The van der Waals surface area contributed by atoms with E-state index in [0.717, 1.165) is 11.8 Å². The van der Waals surface area contributed by atoms with Crippen molar-refractivity contribution in [2.75, 3.05) is 19.6 Å². The summed E-state index contributed by atoms with van der Waals surface area (Å²) in [5, 5.41) is 0. The lowest BCUT2D eigenvalue weighted by molar-refractivity contribution is -0.885. The van der Waals surface area contributed by atoms with Gasteiger partial charge in [0.1, 0.15) is 0 Å². The van der Waals surface area contributed by atoms with Crippen molar-refractivity contribution in [2.45, 2.75) is 20.8 Å². The number of likely N-dealkylation sites (tertiary alicyclic amines) is 1. The number of rotatable bonds is 2. The van der Waals surface area contributed by atoms with Gasteiger partial charge in [0.05, 0.1) is 19.6 Å². The van der Waals surface area contributed by atoms with Gasteiger partial charge in [0, 0.05) is 11.8 Å². The molecule has 0 spiro atoms. The third kappa shape index (κ3) is 5.18. The number of hydrogen-bond donors (Lipinski definition) is 1. The predicted octanol–water partition coefficient (Wildman–Crippen LogP) is -1.68. The molecular formula is C10H21Br2N. The average Bonchev–Trinajstić information content (AvgIpc) is 2.10. The molecule has 0 aromatic heterocycles. The Morgan fingerprint density at radius 3 is 2.00 bits per heavy atom. The van der Waals surface area contributed by atoms with Crippen LogP contribution in [-0.4, -0.2) is 19.6 Å². The summed E-state index contributed by atoms with van der Waals surface area (Å²) in [6.45, 7) is 14.6. The van der Waals surface area contributed by atoms with Crippen LogP contribution in [0.15, 0.2) is 12.2 Å². The van der Waals surface area contributed by atoms with E-state index in [0.29, 0.717) is 0 Å². The summed E-state index contributed by atoms with van der Waals surface area (Å²) in [4.78, 5) is 1.72. The molecule has 0 aromatic rings. The zero-order valence-corrected chi connectivity index (χ0v) is 12.1. The molecule has 1 nitrogen and oxygen atoms in total. The van der Waals surface area contributed by atoms with Gasteiger partial charge < -0.3 is 21.9 Å². The Morgan fingerprint density at radius 2 is 1.69 bits per heavy atom. The Bertz CT molecular complexity index is 149. The number of halogens is 2. The molecule has 0 aromatic carbocycles. The highest BCUT2D eigenvalue weighted by molar-refractivity contribution is 8.93. The maximum absolute atomic E-state index is 3.95. The summed E-state index contributed by atoms with van der Waals surface area (Å²) in [6.07, 6.45) is 0. The van der Waals surface area contributed by atoms with Crippen LogP contribution in [0, 0.1) is 11.8 Å². The molecule has 2 atom stereocenters. The largest absolute Gasteiger partial charge is 1.00 e. The summed E-state index contributed by atoms with van der Waals surface area (Å²) >= 11 is 0. The quantitative estimate of drug-likeness (QED) is 0.581. The second kappa shape index (κ2) is 7.02. The summed E-state index contributed by atoms with van der Waals surface area (Å²) in [5.41, 5.74) is 1.32. The van der Waals surface area contributed by atoms with Gasteiger partial charge in [-0.3, -0.25) is 0 Å². The molecule has 1 saturated heterocycles. The van der Waals surface area contributed by atoms with E-state index in [4.69, 9.17) is 0 Å². The summed E-state index contributed by atoms with van der Waals surface area (Å²) in [7, 11) is 0. The molecular weight excluding hydrogens is 294 g/mol. The molecule has 2 unspecified atom stereocenters. The molecule has 0 amide bonds. The average molecular weight is 315 g/mol. The van der Waals surface area contributed by atoms with E-state index in [1.807, 2.05) is 0 Å². The molecule has 0 bridgehead atoms. The topological polar surface area (TPSA) is 4.44 Å². The Hall–Kier alpha value is 0.660. The first-order valence-corrected chi connectivity index (χ1v) is 4.57. The lowest BCUT2D eigenvalue weighted by Crippen LogP contribution is -3.10. The van der Waals surface area contributed by atoms with E-state index in [9.17, 15) is 0 Å². The van der Waals surface area contributed by atoms with Gasteiger partial charge in [0.25, 0.3) is 0 Å². The van der Waals surface area contributed by atoms with E-state index >= 15 is 0 Å². The minimum atomic E-state index is 0. The fraction of sp³-hybridized carbons (Fsp3) is 0.800. The fourth-order valence-corrected chi connectivity index (χ4v) is 1.97. The van der Waals surface area contributed by atoms with Crippen molar-refractivity contribution < 1.29 is 21.9 Å². The zero-order chi connectivity index (χ0) is 8.43. The maximum Gasteiger partial charge on any atom is 0.0982 e. The minimum Gasteiger partial charge on any atom is -1.00 e. The normalized spacial score (nSPS) is 31.8. The Balaban J connectivity index is 0. The second-order valence-electron chi connectivity index (χ2n) is 4.25. The first kappa shape index (κ1) is 16.1. The van der Waals surface area contributed by atoms with Gasteiger partial charge in [-0.2, -0.15) is 0 Å². The van der Waals surface area contributed by atoms with Gasteiger partial charge in [-0.25, -0.2) is 0 Å². The van der Waals surface area contributed by atoms with Crippen molar-refractivity contribution in [3.8, 4) is 0 Å². The lowest BCUT2D eigenvalue weighted by atomic mass is 10.0. The summed E-state index contributed by atoms with van der Waals surface area (Å²) in [6, 6.07) is 0. The van der Waals surface area contributed by atoms with E-state index in [-0.39, 0.29) is 34.0 Å². The monoisotopic (exact) mass is 313 g/mol. The first-order chi connectivity index (χ1) is 5.09. The Kier molecular flexibility index (Phi) is 8.69. The van der Waals surface area contributed by atoms with Crippen molar-refractivity contribution in [1.29, 1.82) is 0 Å². The van der Waals surface area contributed by atoms with Gasteiger partial charge in [0.15, 0.2) is 0 Å². The third-order valence-electron chi connectivity index (χ3n) is 2.74. The smallest absolute Gasteiger partial charge is 0.0982 e. The van der Waals surface area contributed by atoms with E-state index in [2.05, 4.69) is 27.4 Å². The van der Waals surface area contributed by atoms with E-state index < -0.39 is 0 Å². The van der Waals surface area contributed by atoms with Crippen LogP contribution in [-0.2, 0) is 0 Å². The van der Waals surface area contributed by atoms with Crippen molar-refractivity contribution in [3.05, 3.63) is 12.2 Å². The molecule has 1 fully saturated rings. The Morgan fingerprint density at radius 1 is 1.31 bits per heavy atom. The molecule has 1 aliphatic rings. The molecule has 1 heterocycles. The number of quaternary nitrogens is 1. The van der Waals surface area contributed by atoms with Crippen LogP contribution in [0.25, 0.3) is 0 Å². The highest BCUT2D eigenvalue weighted by atomic mass is 79.9. The molecule has 13 heavy (non-hydrogen) atoms. The van der Waals surface area contributed by atoms with Gasteiger partial charge in [-0.15, -0.1) is 17.0 Å². The molecule has 80 valence electrons. The maximum atomic E-state index is 3.95. The summed E-state index contributed by atoms with van der Waals surface area (Å²) in [5.74, 6) is 1.81. The summed E-state index contributed by atoms with van der Waals surface area (Å²) < 4.78 is 0. The highest BCUT2D eigenvalue weighted by Gasteiger charge is 2.29. The van der Waals surface area contributed by atoms with Crippen molar-refractivity contribution in [3.63, 3.8) is 0 Å². The van der Waals surface area contributed by atoms with Gasteiger partial charge in [0.2, 0.25) is 0 Å².